The largest absolute Gasteiger partial charge is 0.493 e. The molecule has 0 atom stereocenters. The number of fused-ring (bicyclic) bond motifs is 1. The number of amides is 1. The van der Waals surface area contributed by atoms with Gasteiger partial charge in [-0.15, -0.1) is 0 Å². The van der Waals surface area contributed by atoms with E-state index in [0.717, 1.165) is 11.1 Å². The Labute approximate surface area is 309 Å². The van der Waals surface area contributed by atoms with E-state index in [-0.39, 0.29) is 71.0 Å². The average molecular weight is 739 g/mol. The van der Waals surface area contributed by atoms with Crippen LogP contribution in [0.25, 0.3) is 11.4 Å². The number of para-hydroxylation sites is 3. The van der Waals surface area contributed by atoms with Gasteiger partial charge in [-0.25, -0.2) is 13.4 Å². The summed E-state index contributed by atoms with van der Waals surface area (Å²) in [6.07, 6.45) is -0.0505. The standard InChI is InChI=1S/C40H42N4O8S/c1-25(2)29-11-7-8-12-30(29)41-35(45)21-22-49-39-36(52-33-14-10-9-13-31(33)48-6)38(42-37(43-39)26-15-20-32-34(23-26)51-24-50-32)44-53(46,47)28-18-16-27(17-19-28)40(3,4)5/h7-20,23,25H,21-22,24H2,1-6H3,(H,41,45)(H,42,43,44). The van der Waals surface area contributed by atoms with Crippen molar-refractivity contribution in [1.29, 1.82) is 0 Å². The third-order valence-corrected chi connectivity index (χ3v) is 9.79. The SMILES string of the molecule is COc1ccccc1Oc1c(NS(=O)(=O)c2ccc(C(C)(C)C)cc2)nc(-c2ccc3c(c2)OCO3)nc1OCCC(=O)Nc1ccccc1C(C)C. The maximum Gasteiger partial charge on any atom is 0.263 e. The van der Waals surface area contributed by atoms with Crippen LogP contribution >= 0.6 is 0 Å². The van der Waals surface area contributed by atoms with E-state index in [1.165, 1.54) is 19.2 Å². The van der Waals surface area contributed by atoms with Gasteiger partial charge in [-0.3, -0.25) is 9.52 Å². The first-order valence-electron chi connectivity index (χ1n) is 17.1. The topological polar surface area (TPSA) is 147 Å². The first-order valence-corrected chi connectivity index (χ1v) is 18.6. The van der Waals surface area contributed by atoms with Gasteiger partial charge >= 0.3 is 0 Å². The van der Waals surface area contributed by atoms with Crippen LogP contribution in [0.15, 0.2) is 95.9 Å². The van der Waals surface area contributed by atoms with E-state index < -0.39 is 10.0 Å². The molecule has 0 saturated carbocycles. The van der Waals surface area contributed by atoms with Gasteiger partial charge in [0.1, 0.15) is 0 Å². The summed E-state index contributed by atoms with van der Waals surface area (Å²) in [6, 6.07) is 26.2. The fourth-order valence-corrected chi connectivity index (χ4v) is 6.56. The number of nitrogens with one attached hydrogen (secondary N) is 2. The Kier molecular flexibility index (Phi) is 10.8. The molecule has 1 amide bonds. The molecule has 6 rings (SSSR count). The number of aromatic nitrogens is 2. The fraction of sp³-hybridized carbons (Fsp3) is 0.275. The Morgan fingerprint density at radius 1 is 0.887 bits per heavy atom. The molecule has 0 spiro atoms. The molecule has 53 heavy (non-hydrogen) atoms. The predicted octanol–water partition coefficient (Wildman–Crippen LogP) is 8.30. The van der Waals surface area contributed by atoms with Crippen molar-refractivity contribution in [2.24, 2.45) is 0 Å². The van der Waals surface area contributed by atoms with E-state index in [4.69, 9.17) is 23.7 Å². The molecule has 1 aromatic heterocycles. The van der Waals surface area contributed by atoms with Crippen LogP contribution in [0.1, 0.15) is 58.1 Å². The molecule has 0 bridgehead atoms. The smallest absolute Gasteiger partial charge is 0.263 e. The second kappa shape index (κ2) is 15.4. The molecule has 2 N–H and O–H groups in total. The van der Waals surface area contributed by atoms with E-state index in [1.807, 2.05) is 45.0 Å². The monoisotopic (exact) mass is 738 g/mol. The summed E-state index contributed by atoms with van der Waals surface area (Å²) in [6.45, 7) is 10.2. The minimum atomic E-state index is -4.23. The Hall–Kier alpha value is -5.82. The van der Waals surface area contributed by atoms with Gasteiger partial charge in [0, 0.05) is 11.3 Å². The van der Waals surface area contributed by atoms with Crippen LogP contribution in [0, 0.1) is 0 Å². The maximum absolute atomic E-state index is 14.0. The maximum atomic E-state index is 14.0. The molecule has 0 saturated heterocycles. The summed E-state index contributed by atoms with van der Waals surface area (Å²) in [4.78, 5) is 22.5. The molecule has 0 aliphatic carbocycles. The zero-order valence-electron chi connectivity index (χ0n) is 30.4. The van der Waals surface area contributed by atoms with E-state index in [1.54, 1.807) is 54.6 Å². The molecule has 1 aliphatic heterocycles. The van der Waals surface area contributed by atoms with Crippen molar-refractivity contribution in [1.82, 2.24) is 9.97 Å². The van der Waals surface area contributed by atoms with E-state index >= 15 is 0 Å². The van der Waals surface area contributed by atoms with Crippen molar-refractivity contribution in [3.05, 3.63) is 102 Å². The average Bonchev–Trinajstić information content (AvgIpc) is 3.61. The second-order valence-corrected chi connectivity index (χ2v) is 15.3. The van der Waals surface area contributed by atoms with Gasteiger partial charge in [-0.05, 0) is 71.0 Å². The number of anilines is 2. The minimum absolute atomic E-state index is 0.0119. The zero-order valence-corrected chi connectivity index (χ0v) is 31.2. The predicted molar refractivity (Wildman–Crippen MR) is 202 cm³/mol. The summed E-state index contributed by atoms with van der Waals surface area (Å²) in [5, 5.41) is 2.97. The van der Waals surface area contributed by atoms with Crippen LogP contribution < -0.4 is 33.7 Å². The molecule has 2 heterocycles. The molecule has 1 aliphatic rings. The van der Waals surface area contributed by atoms with Crippen LogP contribution in [0.3, 0.4) is 0 Å². The highest BCUT2D eigenvalue weighted by Crippen LogP contribution is 2.43. The normalized spacial score (nSPS) is 12.4. The zero-order chi connectivity index (χ0) is 37.8. The number of hydrogen-bond donors (Lipinski definition) is 2. The minimum Gasteiger partial charge on any atom is -0.493 e. The highest BCUT2D eigenvalue weighted by Gasteiger charge is 2.27. The Balaban J connectivity index is 1.40. The van der Waals surface area contributed by atoms with Crippen LogP contribution in [0.5, 0.6) is 34.6 Å². The number of carbonyl (C=O) groups excluding carboxylic acids is 1. The lowest BCUT2D eigenvalue weighted by Gasteiger charge is -2.20. The fourth-order valence-electron chi connectivity index (χ4n) is 5.55. The summed E-state index contributed by atoms with van der Waals surface area (Å²) in [5.41, 5.74) is 2.99. The molecular formula is C40H42N4O8S. The Morgan fingerprint density at radius 3 is 2.30 bits per heavy atom. The van der Waals surface area contributed by atoms with Gasteiger partial charge < -0.3 is 29.0 Å². The number of hydrogen-bond acceptors (Lipinski definition) is 10. The van der Waals surface area contributed by atoms with Crippen molar-refractivity contribution in [3.63, 3.8) is 0 Å². The van der Waals surface area contributed by atoms with Gasteiger partial charge in [0.15, 0.2) is 34.6 Å². The molecule has 5 aromatic rings. The van der Waals surface area contributed by atoms with Gasteiger partial charge in [-0.1, -0.05) is 77.1 Å². The number of methoxy groups -OCH3 is 1. The van der Waals surface area contributed by atoms with Gasteiger partial charge in [0.2, 0.25) is 18.4 Å². The summed E-state index contributed by atoms with van der Waals surface area (Å²) in [5.74, 6) is 1.19. The molecule has 13 heteroatoms. The number of sulfonamides is 1. The van der Waals surface area contributed by atoms with Crippen LogP contribution in [0.4, 0.5) is 11.5 Å². The lowest BCUT2D eigenvalue weighted by Crippen LogP contribution is -2.18. The number of carbonyl (C=O) groups is 1. The quantitative estimate of drug-likeness (QED) is 0.121. The highest BCUT2D eigenvalue weighted by molar-refractivity contribution is 7.92. The van der Waals surface area contributed by atoms with Crippen molar-refractivity contribution < 1.29 is 36.9 Å². The Morgan fingerprint density at radius 2 is 1.58 bits per heavy atom. The van der Waals surface area contributed by atoms with Crippen molar-refractivity contribution in [2.45, 2.75) is 57.3 Å². The second-order valence-electron chi connectivity index (χ2n) is 13.6. The third-order valence-electron chi connectivity index (χ3n) is 8.43. The van der Waals surface area contributed by atoms with Crippen molar-refractivity contribution >= 4 is 27.4 Å². The summed E-state index contributed by atoms with van der Waals surface area (Å²) < 4.78 is 59.6. The molecule has 276 valence electrons. The van der Waals surface area contributed by atoms with Crippen molar-refractivity contribution in [2.75, 3.05) is 30.5 Å². The van der Waals surface area contributed by atoms with Gasteiger partial charge in [-0.2, -0.15) is 4.98 Å². The van der Waals surface area contributed by atoms with E-state index in [0.29, 0.717) is 28.5 Å². The molecule has 0 fully saturated rings. The number of rotatable bonds is 13. The lowest BCUT2D eigenvalue weighted by atomic mass is 9.87. The summed E-state index contributed by atoms with van der Waals surface area (Å²) >= 11 is 0. The molecule has 0 radical (unpaired) electrons. The molecule has 4 aromatic carbocycles. The number of ether oxygens (including phenoxy) is 5. The van der Waals surface area contributed by atoms with Crippen LogP contribution in [-0.2, 0) is 20.2 Å². The van der Waals surface area contributed by atoms with Gasteiger partial charge in [0.05, 0.1) is 25.0 Å². The lowest BCUT2D eigenvalue weighted by molar-refractivity contribution is -0.116. The number of nitrogens with zero attached hydrogens (tertiary/aromatic N) is 2. The molecular weight excluding hydrogens is 697 g/mol. The van der Waals surface area contributed by atoms with Crippen LogP contribution in [-0.4, -0.2) is 44.8 Å². The summed E-state index contributed by atoms with van der Waals surface area (Å²) in [7, 11) is -2.74. The van der Waals surface area contributed by atoms with Crippen molar-refractivity contribution in [3.8, 4) is 46.0 Å². The molecule has 12 nitrogen and oxygen atoms in total. The van der Waals surface area contributed by atoms with E-state index in [9.17, 15) is 13.2 Å². The number of benzene rings is 4. The van der Waals surface area contributed by atoms with E-state index in [2.05, 4.69) is 33.9 Å². The van der Waals surface area contributed by atoms with Crippen LogP contribution in [0.2, 0.25) is 0 Å². The first-order chi connectivity index (χ1) is 25.3. The Bertz CT molecular complexity index is 2220. The third kappa shape index (κ3) is 8.63. The molecule has 0 unspecified atom stereocenters. The highest BCUT2D eigenvalue weighted by atomic mass is 32.2. The first kappa shape index (κ1) is 37.0. The van der Waals surface area contributed by atoms with Gasteiger partial charge in [0.25, 0.3) is 15.9 Å².